The predicted octanol–water partition coefficient (Wildman–Crippen LogP) is 1.99. The summed E-state index contributed by atoms with van der Waals surface area (Å²) in [6.45, 7) is 3.29. The lowest BCUT2D eigenvalue weighted by Crippen LogP contribution is -2.31. The Morgan fingerprint density at radius 3 is 2.45 bits per heavy atom. The van der Waals surface area contributed by atoms with E-state index in [-0.39, 0.29) is 5.91 Å². The average Bonchev–Trinajstić information content (AvgIpc) is 3.31. The fourth-order valence-corrected chi connectivity index (χ4v) is 2.58. The highest BCUT2D eigenvalue weighted by Crippen LogP contribution is 2.20. The molecular formula is C16H23N3O. The van der Waals surface area contributed by atoms with Crippen LogP contribution < -0.4 is 16.0 Å². The molecule has 1 aliphatic carbocycles. The van der Waals surface area contributed by atoms with Gasteiger partial charge >= 0.3 is 0 Å². The van der Waals surface area contributed by atoms with Gasteiger partial charge in [0.25, 0.3) is 5.91 Å². The molecule has 3 rings (SSSR count). The quantitative estimate of drug-likeness (QED) is 0.769. The molecule has 2 fully saturated rings. The number of carbonyl (C=O) groups is 1. The van der Waals surface area contributed by atoms with Gasteiger partial charge in [0.05, 0.1) is 0 Å². The molecule has 3 N–H and O–H groups in total. The minimum Gasteiger partial charge on any atom is -0.385 e. The third-order valence-corrected chi connectivity index (χ3v) is 4.11. The van der Waals surface area contributed by atoms with Gasteiger partial charge in [0, 0.05) is 23.8 Å². The number of amides is 1. The van der Waals surface area contributed by atoms with E-state index in [2.05, 4.69) is 16.0 Å². The Bertz CT molecular complexity index is 447. The molecule has 1 aromatic rings. The second kappa shape index (κ2) is 6.27. The van der Waals surface area contributed by atoms with E-state index in [1.165, 1.54) is 12.8 Å². The van der Waals surface area contributed by atoms with Crippen LogP contribution in [-0.2, 0) is 0 Å². The maximum absolute atomic E-state index is 11.9. The van der Waals surface area contributed by atoms with Crippen molar-refractivity contribution in [1.82, 2.24) is 10.6 Å². The molecular weight excluding hydrogens is 250 g/mol. The molecule has 1 amide bonds. The summed E-state index contributed by atoms with van der Waals surface area (Å²) in [7, 11) is 0. The van der Waals surface area contributed by atoms with Crippen LogP contribution in [0, 0.1) is 5.92 Å². The highest BCUT2D eigenvalue weighted by molar-refractivity contribution is 5.94. The number of anilines is 1. The molecule has 4 heteroatoms. The molecule has 0 atom stereocenters. The number of benzene rings is 1. The summed E-state index contributed by atoms with van der Waals surface area (Å²) in [6, 6.07) is 8.23. The predicted molar refractivity (Wildman–Crippen MR) is 81.0 cm³/mol. The number of carbonyl (C=O) groups excluding carboxylic acids is 1. The van der Waals surface area contributed by atoms with Gasteiger partial charge in [-0.1, -0.05) is 0 Å². The van der Waals surface area contributed by atoms with E-state index in [9.17, 15) is 4.79 Å². The van der Waals surface area contributed by atoms with Gasteiger partial charge in [-0.15, -0.1) is 0 Å². The fraction of sp³-hybridized carbons (Fsp3) is 0.562. The van der Waals surface area contributed by atoms with Crippen molar-refractivity contribution < 1.29 is 4.79 Å². The van der Waals surface area contributed by atoms with Crippen molar-refractivity contribution in [3.8, 4) is 0 Å². The molecule has 2 aliphatic rings. The maximum atomic E-state index is 11.9. The Balaban J connectivity index is 1.48. The zero-order valence-corrected chi connectivity index (χ0v) is 11.8. The molecule has 1 heterocycles. The Kier molecular flexibility index (Phi) is 4.21. The van der Waals surface area contributed by atoms with E-state index in [4.69, 9.17) is 0 Å². The van der Waals surface area contributed by atoms with Gasteiger partial charge < -0.3 is 16.0 Å². The zero-order valence-electron chi connectivity index (χ0n) is 11.8. The van der Waals surface area contributed by atoms with Crippen molar-refractivity contribution in [1.29, 1.82) is 0 Å². The molecule has 0 bridgehead atoms. The molecule has 1 saturated carbocycles. The van der Waals surface area contributed by atoms with Crippen LogP contribution in [-0.4, -0.2) is 31.6 Å². The van der Waals surface area contributed by atoms with Crippen molar-refractivity contribution in [2.75, 3.05) is 25.0 Å². The molecule has 0 unspecified atom stereocenters. The molecule has 1 aromatic carbocycles. The van der Waals surface area contributed by atoms with Crippen LogP contribution >= 0.6 is 0 Å². The average molecular weight is 273 g/mol. The van der Waals surface area contributed by atoms with Gasteiger partial charge in [-0.3, -0.25) is 4.79 Å². The number of piperidine rings is 1. The van der Waals surface area contributed by atoms with Gasteiger partial charge in [-0.05, 0) is 69.0 Å². The van der Waals surface area contributed by atoms with Crippen molar-refractivity contribution in [2.45, 2.75) is 31.7 Å². The van der Waals surface area contributed by atoms with Gasteiger partial charge in [-0.2, -0.15) is 0 Å². The normalized spacial score (nSPS) is 19.6. The molecule has 20 heavy (non-hydrogen) atoms. The summed E-state index contributed by atoms with van der Waals surface area (Å²) in [6.07, 6.45) is 4.74. The lowest BCUT2D eigenvalue weighted by molar-refractivity contribution is 0.0951. The monoisotopic (exact) mass is 273 g/mol. The first kappa shape index (κ1) is 13.4. The first-order chi connectivity index (χ1) is 9.81. The standard InChI is InChI=1S/C16H23N3O/c20-16(19-15-5-6-15)13-1-3-14(4-2-13)18-11-12-7-9-17-10-8-12/h1-4,12,15,17-18H,5-11H2,(H,19,20). The summed E-state index contributed by atoms with van der Waals surface area (Å²) in [5, 5.41) is 9.86. The Morgan fingerprint density at radius 1 is 1.10 bits per heavy atom. The van der Waals surface area contributed by atoms with E-state index >= 15 is 0 Å². The van der Waals surface area contributed by atoms with Crippen molar-refractivity contribution in [3.63, 3.8) is 0 Å². The first-order valence-corrected chi connectivity index (χ1v) is 7.67. The van der Waals surface area contributed by atoms with E-state index in [1.54, 1.807) is 0 Å². The van der Waals surface area contributed by atoms with Gasteiger partial charge in [0.15, 0.2) is 0 Å². The van der Waals surface area contributed by atoms with Gasteiger partial charge in [-0.25, -0.2) is 0 Å². The molecule has 1 saturated heterocycles. The van der Waals surface area contributed by atoms with E-state index in [1.807, 2.05) is 24.3 Å². The minimum atomic E-state index is 0.0532. The highest BCUT2D eigenvalue weighted by atomic mass is 16.1. The van der Waals surface area contributed by atoms with Crippen molar-refractivity contribution >= 4 is 11.6 Å². The molecule has 0 radical (unpaired) electrons. The van der Waals surface area contributed by atoms with Crippen LogP contribution in [0.4, 0.5) is 5.69 Å². The third kappa shape index (κ3) is 3.73. The summed E-state index contributed by atoms with van der Waals surface area (Å²) < 4.78 is 0. The lowest BCUT2D eigenvalue weighted by atomic mass is 9.98. The number of nitrogens with one attached hydrogen (secondary N) is 3. The van der Waals surface area contributed by atoms with Crippen molar-refractivity contribution in [3.05, 3.63) is 29.8 Å². The number of rotatable bonds is 5. The number of hydrogen-bond acceptors (Lipinski definition) is 3. The van der Waals surface area contributed by atoms with Crippen LogP contribution in [0.2, 0.25) is 0 Å². The maximum Gasteiger partial charge on any atom is 0.251 e. The van der Waals surface area contributed by atoms with Crippen LogP contribution in [0.15, 0.2) is 24.3 Å². The molecule has 1 aliphatic heterocycles. The molecule has 4 nitrogen and oxygen atoms in total. The van der Waals surface area contributed by atoms with E-state index in [0.717, 1.165) is 49.6 Å². The third-order valence-electron chi connectivity index (χ3n) is 4.11. The second-order valence-electron chi connectivity index (χ2n) is 5.90. The van der Waals surface area contributed by atoms with Gasteiger partial charge in [0.1, 0.15) is 0 Å². The lowest BCUT2D eigenvalue weighted by Gasteiger charge is -2.23. The Labute approximate surface area is 120 Å². The smallest absolute Gasteiger partial charge is 0.251 e. The summed E-state index contributed by atoms with van der Waals surface area (Å²) in [5.41, 5.74) is 1.86. The largest absolute Gasteiger partial charge is 0.385 e. The van der Waals surface area contributed by atoms with Crippen LogP contribution in [0.3, 0.4) is 0 Å². The first-order valence-electron chi connectivity index (χ1n) is 7.67. The second-order valence-corrected chi connectivity index (χ2v) is 5.90. The van der Waals surface area contributed by atoms with Gasteiger partial charge in [0.2, 0.25) is 0 Å². The SMILES string of the molecule is O=C(NC1CC1)c1ccc(NCC2CCNCC2)cc1. The Hall–Kier alpha value is -1.55. The summed E-state index contributed by atoms with van der Waals surface area (Å²) in [5.74, 6) is 0.812. The Morgan fingerprint density at radius 2 is 1.80 bits per heavy atom. The molecule has 0 spiro atoms. The minimum absolute atomic E-state index is 0.0532. The van der Waals surface area contributed by atoms with E-state index in [0.29, 0.717) is 6.04 Å². The van der Waals surface area contributed by atoms with Crippen LogP contribution in [0.1, 0.15) is 36.0 Å². The summed E-state index contributed by atoms with van der Waals surface area (Å²) in [4.78, 5) is 11.9. The van der Waals surface area contributed by atoms with Crippen LogP contribution in [0.5, 0.6) is 0 Å². The van der Waals surface area contributed by atoms with Crippen molar-refractivity contribution in [2.24, 2.45) is 5.92 Å². The molecule has 108 valence electrons. The fourth-order valence-electron chi connectivity index (χ4n) is 2.58. The van der Waals surface area contributed by atoms with E-state index < -0.39 is 0 Å². The topological polar surface area (TPSA) is 53.2 Å². The summed E-state index contributed by atoms with van der Waals surface area (Å²) >= 11 is 0. The van der Waals surface area contributed by atoms with Crippen LogP contribution in [0.25, 0.3) is 0 Å². The zero-order chi connectivity index (χ0) is 13.8. The highest BCUT2D eigenvalue weighted by Gasteiger charge is 2.23. The molecule has 0 aromatic heterocycles. The number of hydrogen-bond donors (Lipinski definition) is 3.